The molecule has 1 N–H and O–H groups in total. The van der Waals surface area contributed by atoms with Gasteiger partial charge in [-0.1, -0.05) is 12.1 Å². The molecule has 132 valence electrons. The molecule has 0 spiro atoms. The van der Waals surface area contributed by atoms with Crippen LogP contribution in [0.25, 0.3) is 0 Å². The first-order chi connectivity index (χ1) is 11.4. The maximum Gasteiger partial charge on any atom is 0.316 e. The van der Waals surface area contributed by atoms with Crippen molar-refractivity contribution in [2.75, 3.05) is 35.4 Å². The number of hydrogen-bond donors (Lipinski definition) is 1. The van der Waals surface area contributed by atoms with E-state index in [1.165, 1.54) is 23.5 Å². The van der Waals surface area contributed by atoms with Crippen LogP contribution in [-0.4, -0.2) is 55.7 Å². The molecule has 1 atom stereocenters. The number of para-hydroxylation sites is 1. The number of sulfone groups is 1. The minimum atomic E-state index is -2.95. The highest BCUT2D eigenvalue weighted by molar-refractivity contribution is 8.02. The van der Waals surface area contributed by atoms with Crippen molar-refractivity contribution in [2.45, 2.75) is 16.6 Å². The molecule has 0 saturated carbocycles. The molecular formula is C15H19NO5S3. The van der Waals surface area contributed by atoms with Crippen LogP contribution in [0.3, 0.4) is 0 Å². The van der Waals surface area contributed by atoms with Crippen LogP contribution in [-0.2, 0) is 24.2 Å². The molecule has 1 fully saturated rings. The van der Waals surface area contributed by atoms with Gasteiger partial charge in [-0.2, -0.15) is 0 Å². The molecule has 1 aromatic rings. The van der Waals surface area contributed by atoms with E-state index in [0.717, 1.165) is 4.90 Å². The molecule has 24 heavy (non-hydrogen) atoms. The first-order valence-electron chi connectivity index (χ1n) is 7.30. The lowest BCUT2D eigenvalue weighted by atomic mass is 10.3. The summed E-state index contributed by atoms with van der Waals surface area (Å²) in [5, 5.41) is 2.64. The Morgan fingerprint density at radius 2 is 2.08 bits per heavy atom. The maximum absolute atomic E-state index is 11.8. The van der Waals surface area contributed by atoms with Crippen LogP contribution in [0.1, 0.15) is 6.42 Å². The van der Waals surface area contributed by atoms with E-state index < -0.39 is 21.7 Å². The molecule has 1 amide bonds. The average Bonchev–Trinajstić information content (AvgIpc) is 2.90. The normalized spacial score (nSPS) is 19.0. The molecule has 1 saturated heterocycles. The van der Waals surface area contributed by atoms with Crippen LogP contribution in [0.4, 0.5) is 5.69 Å². The first-order valence-corrected chi connectivity index (χ1v) is 11.4. The van der Waals surface area contributed by atoms with Crippen LogP contribution >= 0.6 is 23.5 Å². The Bertz CT molecular complexity index is 705. The number of anilines is 1. The van der Waals surface area contributed by atoms with Crippen molar-refractivity contribution in [3.63, 3.8) is 0 Å². The van der Waals surface area contributed by atoms with Crippen molar-refractivity contribution in [2.24, 2.45) is 0 Å². The summed E-state index contributed by atoms with van der Waals surface area (Å²) in [5.41, 5.74) is 0.677. The van der Waals surface area contributed by atoms with E-state index in [0.29, 0.717) is 12.1 Å². The molecule has 6 nitrogen and oxygen atoms in total. The molecule has 0 aromatic heterocycles. The third-order valence-electron chi connectivity index (χ3n) is 3.37. The lowest BCUT2D eigenvalue weighted by molar-refractivity contribution is -0.144. The third kappa shape index (κ3) is 6.03. The summed E-state index contributed by atoms with van der Waals surface area (Å²) < 4.78 is 27.6. The second-order valence-electron chi connectivity index (χ2n) is 5.25. The third-order valence-corrected chi connectivity index (χ3v) is 7.42. The smallest absolute Gasteiger partial charge is 0.316 e. The Balaban J connectivity index is 1.70. The fourth-order valence-corrected chi connectivity index (χ4v) is 6.19. The van der Waals surface area contributed by atoms with Gasteiger partial charge in [-0.25, -0.2) is 8.42 Å². The van der Waals surface area contributed by atoms with Crippen molar-refractivity contribution >= 4 is 50.9 Å². The van der Waals surface area contributed by atoms with E-state index in [1.54, 1.807) is 6.07 Å². The van der Waals surface area contributed by atoms with E-state index in [2.05, 4.69) is 5.32 Å². The molecule has 1 aliphatic rings. The standard InChI is InChI=1S/C15H19NO5S3/c1-22-13-5-3-2-4-12(13)16-14(17)8-21-15(18)9-23-11-6-7-24(19,20)10-11/h2-5,11H,6-10H2,1H3,(H,16,17)/t11-/m1/s1. The molecule has 1 heterocycles. The molecule has 2 rings (SSSR count). The molecule has 9 heteroatoms. The summed E-state index contributed by atoms with van der Waals surface area (Å²) in [7, 11) is -2.95. The summed E-state index contributed by atoms with van der Waals surface area (Å²) in [4.78, 5) is 24.4. The van der Waals surface area contributed by atoms with Crippen molar-refractivity contribution in [3.05, 3.63) is 24.3 Å². The minimum absolute atomic E-state index is 0.0505. The van der Waals surface area contributed by atoms with E-state index in [4.69, 9.17) is 4.74 Å². The summed E-state index contributed by atoms with van der Waals surface area (Å²) in [5.74, 6) is -0.584. The first kappa shape index (κ1) is 19.1. The van der Waals surface area contributed by atoms with Gasteiger partial charge >= 0.3 is 5.97 Å². The predicted molar refractivity (Wildman–Crippen MR) is 97.3 cm³/mol. The zero-order chi connectivity index (χ0) is 17.6. The zero-order valence-electron chi connectivity index (χ0n) is 13.2. The van der Waals surface area contributed by atoms with Crippen molar-refractivity contribution in [1.82, 2.24) is 0 Å². The quantitative estimate of drug-likeness (QED) is 0.562. The second kappa shape index (κ2) is 8.77. The number of rotatable bonds is 7. The number of benzene rings is 1. The van der Waals surface area contributed by atoms with Gasteiger partial charge in [0.15, 0.2) is 16.4 Å². The van der Waals surface area contributed by atoms with Gasteiger partial charge in [0.2, 0.25) is 0 Å². The summed E-state index contributed by atoms with van der Waals surface area (Å²) in [6.45, 7) is -0.356. The number of thioether (sulfide) groups is 2. The Labute approximate surface area is 150 Å². The van der Waals surface area contributed by atoms with Gasteiger partial charge in [-0.3, -0.25) is 9.59 Å². The lowest BCUT2D eigenvalue weighted by Crippen LogP contribution is -2.22. The van der Waals surface area contributed by atoms with Gasteiger partial charge in [-0.15, -0.1) is 23.5 Å². The Kier molecular flexibility index (Phi) is 7.00. The molecule has 1 aromatic carbocycles. The highest BCUT2D eigenvalue weighted by atomic mass is 32.2. The van der Waals surface area contributed by atoms with Crippen LogP contribution in [0.15, 0.2) is 29.2 Å². The van der Waals surface area contributed by atoms with Crippen molar-refractivity contribution < 1.29 is 22.7 Å². The lowest BCUT2D eigenvalue weighted by Gasteiger charge is -2.10. The Morgan fingerprint density at radius 1 is 1.33 bits per heavy atom. The van der Waals surface area contributed by atoms with Crippen molar-refractivity contribution in [1.29, 1.82) is 0 Å². The number of esters is 1. The predicted octanol–water partition coefficient (Wildman–Crippen LogP) is 1.81. The number of nitrogens with one attached hydrogen (secondary N) is 1. The van der Waals surface area contributed by atoms with Crippen LogP contribution in [0.2, 0.25) is 0 Å². The number of carbonyl (C=O) groups excluding carboxylic acids is 2. The molecule has 0 bridgehead atoms. The van der Waals surface area contributed by atoms with Crippen molar-refractivity contribution in [3.8, 4) is 0 Å². The number of ether oxygens (including phenoxy) is 1. The average molecular weight is 390 g/mol. The van der Waals surface area contributed by atoms with Gasteiger partial charge in [0.1, 0.15) is 0 Å². The Hall–Kier alpha value is -1.19. The summed E-state index contributed by atoms with van der Waals surface area (Å²) in [6.07, 6.45) is 2.47. The van der Waals surface area contributed by atoms with Gasteiger partial charge in [0, 0.05) is 10.1 Å². The van der Waals surface area contributed by atoms with Crippen LogP contribution in [0, 0.1) is 0 Å². The molecule has 0 aliphatic carbocycles. The number of hydrogen-bond acceptors (Lipinski definition) is 7. The molecular weight excluding hydrogens is 370 g/mol. The maximum atomic E-state index is 11.8. The molecule has 1 aliphatic heterocycles. The zero-order valence-corrected chi connectivity index (χ0v) is 15.6. The van der Waals surface area contributed by atoms with Gasteiger partial charge < -0.3 is 10.1 Å². The van der Waals surface area contributed by atoms with E-state index in [-0.39, 0.29) is 29.1 Å². The van der Waals surface area contributed by atoms with Crippen LogP contribution < -0.4 is 5.32 Å². The van der Waals surface area contributed by atoms with Crippen LogP contribution in [0.5, 0.6) is 0 Å². The topological polar surface area (TPSA) is 89.5 Å². The number of amides is 1. The molecule has 0 unspecified atom stereocenters. The van der Waals surface area contributed by atoms with E-state index in [9.17, 15) is 18.0 Å². The van der Waals surface area contributed by atoms with E-state index >= 15 is 0 Å². The summed E-state index contributed by atoms with van der Waals surface area (Å²) >= 11 is 2.78. The SMILES string of the molecule is CSc1ccccc1NC(=O)COC(=O)CS[C@@H]1CCS(=O)(=O)C1. The van der Waals surface area contributed by atoms with Gasteiger partial charge in [0.25, 0.3) is 5.91 Å². The molecule has 0 radical (unpaired) electrons. The highest BCUT2D eigenvalue weighted by Gasteiger charge is 2.28. The largest absolute Gasteiger partial charge is 0.455 e. The fraction of sp³-hybridized carbons (Fsp3) is 0.467. The highest BCUT2D eigenvalue weighted by Crippen LogP contribution is 2.25. The van der Waals surface area contributed by atoms with E-state index in [1.807, 2.05) is 24.5 Å². The fourth-order valence-electron chi connectivity index (χ4n) is 2.20. The minimum Gasteiger partial charge on any atom is -0.455 e. The second-order valence-corrected chi connectivity index (χ2v) is 9.61. The van der Waals surface area contributed by atoms with Gasteiger partial charge in [0.05, 0.1) is 22.9 Å². The van der Waals surface area contributed by atoms with Gasteiger partial charge in [-0.05, 0) is 24.8 Å². The summed E-state index contributed by atoms with van der Waals surface area (Å²) in [6, 6.07) is 7.36. The monoisotopic (exact) mass is 389 g/mol. The number of carbonyl (C=O) groups is 2. The Morgan fingerprint density at radius 3 is 2.75 bits per heavy atom.